The first-order valence-electron chi connectivity index (χ1n) is 6.50. The lowest BCUT2D eigenvalue weighted by Gasteiger charge is -2.12. The Morgan fingerprint density at radius 2 is 1.86 bits per heavy atom. The van der Waals surface area contributed by atoms with E-state index in [-0.39, 0.29) is 6.61 Å². The van der Waals surface area contributed by atoms with E-state index >= 15 is 0 Å². The predicted octanol–water partition coefficient (Wildman–Crippen LogP) is 3.63. The lowest BCUT2D eigenvalue weighted by molar-refractivity contribution is -0.144. The molecule has 1 N–H and O–H groups in total. The number of rotatable bonds is 5. The zero-order valence-electron chi connectivity index (χ0n) is 11.8. The number of esters is 1. The van der Waals surface area contributed by atoms with Gasteiger partial charge in [0.2, 0.25) is 0 Å². The van der Waals surface area contributed by atoms with Gasteiger partial charge in [-0.05, 0) is 30.3 Å². The molecule has 5 nitrogen and oxygen atoms in total. The minimum atomic E-state index is -0.526. The second-order valence-corrected chi connectivity index (χ2v) is 4.82. The van der Waals surface area contributed by atoms with Gasteiger partial charge in [0.05, 0.1) is 5.69 Å². The molecular formula is C16H14ClNO4. The fourth-order valence-corrected chi connectivity index (χ4v) is 1.83. The maximum atomic E-state index is 11.7. The van der Waals surface area contributed by atoms with Crippen molar-refractivity contribution in [1.29, 1.82) is 0 Å². The van der Waals surface area contributed by atoms with Crippen molar-refractivity contribution in [2.45, 2.75) is 6.92 Å². The number of para-hydroxylation sites is 1. The minimum Gasteiger partial charge on any atom is -0.456 e. The molecule has 0 saturated carbocycles. The average molecular weight is 320 g/mol. The van der Waals surface area contributed by atoms with Gasteiger partial charge < -0.3 is 14.8 Å². The van der Waals surface area contributed by atoms with Gasteiger partial charge in [0, 0.05) is 11.9 Å². The molecule has 0 aliphatic carbocycles. The minimum absolute atomic E-state index is 0.368. The van der Waals surface area contributed by atoms with Crippen LogP contribution in [0, 0.1) is 0 Å². The molecule has 0 aromatic heterocycles. The molecule has 2 aromatic rings. The lowest BCUT2D eigenvalue weighted by Crippen LogP contribution is -2.20. The van der Waals surface area contributed by atoms with Crippen molar-refractivity contribution in [3.05, 3.63) is 53.6 Å². The first kappa shape index (κ1) is 15.9. The molecule has 0 fully saturated rings. The molecule has 0 unspecified atom stereocenters. The standard InChI is InChI=1S/C16H14ClNO4/c1-11(19)21-10-16(20)18-14-9-12(17)7-8-15(14)22-13-5-3-2-4-6-13/h2-9H,10H2,1H3,(H,18,20). The molecule has 6 heteroatoms. The van der Waals surface area contributed by atoms with Gasteiger partial charge in [-0.15, -0.1) is 0 Å². The molecule has 1 amide bonds. The Hall–Kier alpha value is -2.53. The van der Waals surface area contributed by atoms with Crippen LogP contribution in [0.15, 0.2) is 48.5 Å². The first-order valence-corrected chi connectivity index (χ1v) is 6.88. The average Bonchev–Trinajstić information content (AvgIpc) is 2.49. The quantitative estimate of drug-likeness (QED) is 0.855. The summed E-state index contributed by atoms with van der Waals surface area (Å²) in [5, 5.41) is 3.05. The lowest BCUT2D eigenvalue weighted by atomic mass is 10.2. The number of anilines is 1. The number of hydrogen-bond donors (Lipinski definition) is 1. The van der Waals surface area contributed by atoms with Crippen LogP contribution in [0.3, 0.4) is 0 Å². The van der Waals surface area contributed by atoms with Crippen LogP contribution in [0.2, 0.25) is 5.02 Å². The number of benzene rings is 2. The van der Waals surface area contributed by atoms with E-state index in [0.29, 0.717) is 22.2 Å². The summed E-state index contributed by atoms with van der Waals surface area (Å²) in [6.45, 7) is 0.864. The molecule has 0 radical (unpaired) electrons. The van der Waals surface area contributed by atoms with Gasteiger partial charge in [-0.25, -0.2) is 0 Å². The second-order valence-electron chi connectivity index (χ2n) is 4.38. The number of ether oxygens (including phenoxy) is 2. The van der Waals surface area contributed by atoms with Crippen LogP contribution in [0.1, 0.15) is 6.92 Å². The normalized spacial score (nSPS) is 9.91. The van der Waals surface area contributed by atoms with E-state index < -0.39 is 11.9 Å². The molecule has 2 rings (SSSR count). The molecular weight excluding hydrogens is 306 g/mol. The van der Waals surface area contributed by atoms with Crippen molar-refractivity contribution in [3.8, 4) is 11.5 Å². The van der Waals surface area contributed by atoms with Crippen molar-refractivity contribution >= 4 is 29.2 Å². The van der Waals surface area contributed by atoms with Crippen molar-refractivity contribution in [2.75, 3.05) is 11.9 Å². The molecule has 0 heterocycles. The SMILES string of the molecule is CC(=O)OCC(=O)Nc1cc(Cl)ccc1Oc1ccccc1. The second kappa shape index (κ2) is 7.47. The Morgan fingerprint density at radius 1 is 1.14 bits per heavy atom. The van der Waals surface area contributed by atoms with Gasteiger partial charge >= 0.3 is 5.97 Å². The zero-order chi connectivity index (χ0) is 15.9. The van der Waals surface area contributed by atoms with Crippen LogP contribution in [0.4, 0.5) is 5.69 Å². The van der Waals surface area contributed by atoms with Gasteiger partial charge in [-0.2, -0.15) is 0 Å². The third-order valence-corrected chi connectivity index (χ3v) is 2.83. The molecule has 0 bridgehead atoms. The van der Waals surface area contributed by atoms with Crippen LogP contribution in [0.25, 0.3) is 0 Å². The van der Waals surface area contributed by atoms with E-state index in [9.17, 15) is 9.59 Å². The number of nitrogens with one attached hydrogen (secondary N) is 1. The highest BCUT2D eigenvalue weighted by Gasteiger charge is 2.11. The van der Waals surface area contributed by atoms with Crippen LogP contribution in [-0.2, 0) is 14.3 Å². The molecule has 22 heavy (non-hydrogen) atoms. The van der Waals surface area contributed by atoms with E-state index in [1.54, 1.807) is 30.3 Å². The summed E-state index contributed by atoms with van der Waals surface area (Å²) in [5.41, 5.74) is 0.397. The van der Waals surface area contributed by atoms with E-state index in [1.165, 1.54) is 6.92 Å². The van der Waals surface area contributed by atoms with Gasteiger partial charge in [0.15, 0.2) is 12.4 Å². The third-order valence-electron chi connectivity index (χ3n) is 2.59. The summed E-state index contributed by atoms with van der Waals surface area (Å²) >= 11 is 5.94. The van der Waals surface area contributed by atoms with Crippen molar-refractivity contribution < 1.29 is 19.1 Å². The molecule has 2 aromatic carbocycles. The Morgan fingerprint density at radius 3 is 2.55 bits per heavy atom. The van der Waals surface area contributed by atoms with E-state index in [1.807, 2.05) is 18.2 Å². The van der Waals surface area contributed by atoms with Crippen LogP contribution >= 0.6 is 11.6 Å². The summed E-state index contributed by atoms with van der Waals surface area (Å²) in [4.78, 5) is 22.5. The maximum absolute atomic E-state index is 11.7. The smallest absolute Gasteiger partial charge is 0.303 e. The monoisotopic (exact) mass is 319 g/mol. The molecule has 0 spiro atoms. The van der Waals surface area contributed by atoms with Crippen molar-refractivity contribution in [2.24, 2.45) is 0 Å². The summed E-state index contributed by atoms with van der Waals surface area (Å²) in [7, 11) is 0. The highest BCUT2D eigenvalue weighted by molar-refractivity contribution is 6.31. The van der Waals surface area contributed by atoms with Gasteiger partial charge in [-0.3, -0.25) is 9.59 Å². The van der Waals surface area contributed by atoms with E-state index in [2.05, 4.69) is 10.1 Å². The fraction of sp³-hybridized carbons (Fsp3) is 0.125. The number of carbonyl (C=O) groups is 2. The van der Waals surface area contributed by atoms with Crippen LogP contribution < -0.4 is 10.1 Å². The third kappa shape index (κ3) is 4.79. The molecule has 0 aliphatic rings. The number of amides is 1. The maximum Gasteiger partial charge on any atom is 0.303 e. The molecule has 0 atom stereocenters. The number of carbonyl (C=O) groups excluding carboxylic acids is 2. The zero-order valence-corrected chi connectivity index (χ0v) is 12.6. The van der Waals surface area contributed by atoms with E-state index in [0.717, 1.165) is 0 Å². The van der Waals surface area contributed by atoms with Crippen LogP contribution in [-0.4, -0.2) is 18.5 Å². The van der Waals surface area contributed by atoms with Crippen molar-refractivity contribution in [1.82, 2.24) is 0 Å². The highest BCUT2D eigenvalue weighted by atomic mass is 35.5. The van der Waals surface area contributed by atoms with Gasteiger partial charge in [-0.1, -0.05) is 29.8 Å². The Bertz CT molecular complexity index is 673. The Kier molecular flexibility index (Phi) is 5.38. The largest absolute Gasteiger partial charge is 0.456 e. The van der Waals surface area contributed by atoms with Gasteiger partial charge in [0.1, 0.15) is 5.75 Å². The Labute approximate surface area is 132 Å². The topological polar surface area (TPSA) is 64.6 Å². The summed E-state index contributed by atoms with van der Waals surface area (Å²) in [6, 6.07) is 14.0. The van der Waals surface area contributed by atoms with Crippen molar-refractivity contribution in [3.63, 3.8) is 0 Å². The Balaban J connectivity index is 2.14. The number of halogens is 1. The van der Waals surface area contributed by atoms with Crippen LogP contribution in [0.5, 0.6) is 11.5 Å². The summed E-state index contributed by atoms with van der Waals surface area (Å²) in [5.74, 6) is 0.0597. The summed E-state index contributed by atoms with van der Waals surface area (Å²) < 4.78 is 10.3. The summed E-state index contributed by atoms with van der Waals surface area (Å²) in [6.07, 6.45) is 0. The molecule has 0 aliphatic heterocycles. The first-order chi connectivity index (χ1) is 10.5. The highest BCUT2D eigenvalue weighted by Crippen LogP contribution is 2.31. The van der Waals surface area contributed by atoms with Gasteiger partial charge in [0.25, 0.3) is 5.91 Å². The van der Waals surface area contributed by atoms with E-state index in [4.69, 9.17) is 16.3 Å². The predicted molar refractivity (Wildman–Crippen MR) is 83.2 cm³/mol. The molecule has 114 valence electrons. The fourth-order valence-electron chi connectivity index (χ4n) is 1.66. The number of hydrogen-bond acceptors (Lipinski definition) is 4. The molecule has 0 saturated heterocycles.